The van der Waals surface area contributed by atoms with Gasteiger partial charge < -0.3 is 25.0 Å². The lowest BCUT2D eigenvalue weighted by molar-refractivity contribution is -0.136. The standard InChI is InChI=1S/C31H39N7O4/c1-35-16-6-10-26(35)31(42)37-17-7-11-28(40)38(18-14-22-8-4-3-5-9-22)21-27(39)33-23-12-13-25-24(20-23)29(34-36(25)2)30(41)32-15-19-37/h3-6,8-10,16,23H,7,11-15,17-21H2,1-2H3,(H,32,41)(H,33,39). The molecule has 4 amide bonds. The van der Waals surface area contributed by atoms with Gasteiger partial charge in [-0.3, -0.25) is 23.9 Å². The predicted molar refractivity (Wildman–Crippen MR) is 157 cm³/mol. The molecule has 5 rings (SSSR count). The Labute approximate surface area is 245 Å². The van der Waals surface area contributed by atoms with Crippen molar-refractivity contribution in [2.45, 2.75) is 44.6 Å². The third-order valence-corrected chi connectivity index (χ3v) is 8.17. The van der Waals surface area contributed by atoms with Gasteiger partial charge in [0.2, 0.25) is 11.8 Å². The number of nitrogens with zero attached hydrogens (tertiary/aromatic N) is 5. The fourth-order valence-electron chi connectivity index (χ4n) is 5.87. The second-order valence-electron chi connectivity index (χ2n) is 11.1. The largest absolute Gasteiger partial charge is 0.351 e. The van der Waals surface area contributed by atoms with Crippen LogP contribution >= 0.6 is 0 Å². The lowest BCUT2D eigenvalue weighted by atomic mass is 9.91. The summed E-state index contributed by atoms with van der Waals surface area (Å²) in [5.74, 6) is -0.799. The van der Waals surface area contributed by atoms with E-state index in [-0.39, 0.29) is 49.2 Å². The van der Waals surface area contributed by atoms with Crippen LogP contribution in [0.3, 0.4) is 0 Å². The van der Waals surface area contributed by atoms with E-state index in [1.54, 1.807) is 25.1 Å². The molecule has 1 atom stereocenters. The molecule has 1 aliphatic heterocycles. The fraction of sp³-hybridized carbons (Fsp3) is 0.452. The monoisotopic (exact) mass is 573 g/mol. The molecule has 0 fully saturated rings. The highest BCUT2D eigenvalue weighted by Gasteiger charge is 2.30. The molecule has 2 bridgehead atoms. The average Bonchev–Trinajstić information content (AvgIpc) is 3.56. The van der Waals surface area contributed by atoms with E-state index in [2.05, 4.69) is 15.7 Å². The number of nitrogens with one attached hydrogen (secondary N) is 2. The molecule has 0 spiro atoms. The first-order valence-electron chi connectivity index (χ1n) is 14.6. The lowest BCUT2D eigenvalue weighted by Crippen LogP contribution is -2.46. The van der Waals surface area contributed by atoms with E-state index in [4.69, 9.17) is 0 Å². The molecule has 2 aromatic heterocycles. The first-order chi connectivity index (χ1) is 20.3. The van der Waals surface area contributed by atoms with Crippen LogP contribution in [0.15, 0.2) is 48.7 Å². The van der Waals surface area contributed by atoms with Crippen molar-refractivity contribution in [3.8, 4) is 0 Å². The molecule has 1 aliphatic carbocycles. The zero-order valence-electron chi connectivity index (χ0n) is 24.3. The van der Waals surface area contributed by atoms with Gasteiger partial charge in [0, 0.05) is 70.2 Å². The van der Waals surface area contributed by atoms with Crippen LogP contribution in [0, 0.1) is 0 Å². The van der Waals surface area contributed by atoms with E-state index in [1.807, 2.05) is 56.7 Å². The van der Waals surface area contributed by atoms with E-state index in [0.29, 0.717) is 56.7 Å². The van der Waals surface area contributed by atoms with Gasteiger partial charge >= 0.3 is 0 Å². The van der Waals surface area contributed by atoms with Gasteiger partial charge in [-0.15, -0.1) is 0 Å². The Bertz CT molecular complexity index is 1440. The Morgan fingerprint density at radius 1 is 1.02 bits per heavy atom. The van der Waals surface area contributed by atoms with E-state index in [9.17, 15) is 19.2 Å². The summed E-state index contributed by atoms with van der Waals surface area (Å²) in [6.07, 6.45) is 4.99. The van der Waals surface area contributed by atoms with Crippen molar-refractivity contribution >= 4 is 23.6 Å². The number of hydrogen-bond acceptors (Lipinski definition) is 5. The molecule has 0 saturated heterocycles. The van der Waals surface area contributed by atoms with Crippen molar-refractivity contribution in [3.05, 3.63) is 76.9 Å². The Kier molecular flexibility index (Phi) is 9.04. The van der Waals surface area contributed by atoms with Crippen LogP contribution in [0.2, 0.25) is 0 Å². The van der Waals surface area contributed by atoms with Gasteiger partial charge in [0.1, 0.15) is 5.69 Å². The Morgan fingerprint density at radius 3 is 2.60 bits per heavy atom. The van der Waals surface area contributed by atoms with Crippen molar-refractivity contribution in [1.82, 2.24) is 34.8 Å². The third kappa shape index (κ3) is 6.72. The highest BCUT2D eigenvalue weighted by molar-refractivity contribution is 5.95. The third-order valence-electron chi connectivity index (χ3n) is 8.17. The van der Waals surface area contributed by atoms with Gasteiger partial charge in [0.15, 0.2) is 5.69 Å². The van der Waals surface area contributed by atoms with Gasteiger partial charge in [0.05, 0.1) is 6.54 Å². The summed E-state index contributed by atoms with van der Waals surface area (Å²) in [7, 11) is 3.64. The van der Waals surface area contributed by atoms with Gasteiger partial charge in [-0.1, -0.05) is 30.3 Å². The van der Waals surface area contributed by atoms with Crippen molar-refractivity contribution in [3.63, 3.8) is 0 Å². The van der Waals surface area contributed by atoms with Crippen LogP contribution in [-0.2, 0) is 42.9 Å². The second kappa shape index (κ2) is 13.1. The van der Waals surface area contributed by atoms with Crippen molar-refractivity contribution in [2.75, 3.05) is 32.7 Å². The molecule has 2 N–H and O–H groups in total. The van der Waals surface area contributed by atoms with Gasteiger partial charge in [-0.25, -0.2) is 0 Å². The van der Waals surface area contributed by atoms with Gasteiger partial charge in [-0.2, -0.15) is 5.10 Å². The van der Waals surface area contributed by atoms with E-state index >= 15 is 0 Å². The number of benzene rings is 1. The topological polar surface area (TPSA) is 122 Å². The number of aromatic nitrogens is 3. The summed E-state index contributed by atoms with van der Waals surface area (Å²) in [4.78, 5) is 56.6. The average molecular weight is 574 g/mol. The number of fused-ring (bicyclic) bond motifs is 1. The maximum Gasteiger partial charge on any atom is 0.272 e. The van der Waals surface area contributed by atoms with Crippen LogP contribution in [0.25, 0.3) is 0 Å². The molecule has 42 heavy (non-hydrogen) atoms. The molecular formula is C31H39N7O4. The number of amides is 4. The van der Waals surface area contributed by atoms with Crippen LogP contribution in [-0.4, -0.2) is 86.5 Å². The van der Waals surface area contributed by atoms with Crippen molar-refractivity contribution < 1.29 is 19.2 Å². The zero-order valence-corrected chi connectivity index (χ0v) is 24.3. The quantitative estimate of drug-likeness (QED) is 0.490. The molecule has 222 valence electrons. The SMILES string of the molecule is Cn1cccc1C(=O)N1CCCC(=O)N(CCc2ccccc2)CC(=O)NC2CCc3c(c(nn3C)C(=O)NCC1)C2. The summed E-state index contributed by atoms with van der Waals surface area (Å²) in [6, 6.07) is 13.3. The van der Waals surface area contributed by atoms with Crippen LogP contribution in [0.4, 0.5) is 0 Å². The smallest absolute Gasteiger partial charge is 0.272 e. The molecule has 1 aromatic carbocycles. The number of rotatable bonds is 4. The molecule has 1 unspecified atom stereocenters. The van der Waals surface area contributed by atoms with Crippen molar-refractivity contribution in [1.29, 1.82) is 0 Å². The highest BCUT2D eigenvalue weighted by atomic mass is 16.2. The number of carbonyl (C=O) groups is 4. The highest BCUT2D eigenvalue weighted by Crippen LogP contribution is 2.24. The summed E-state index contributed by atoms with van der Waals surface area (Å²) >= 11 is 0. The minimum absolute atomic E-state index is 0.0403. The summed E-state index contributed by atoms with van der Waals surface area (Å²) in [5.41, 5.74) is 3.81. The summed E-state index contributed by atoms with van der Waals surface area (Å²) < 4.78 is 3.50. The number of aryl methyl sites for hydroxylation is 2. The summed E-state index contributed by atoms with van der Waals surface area (Å²) in [5, 5.41) is 10.5. The van der Waals surface area contributed by atoms with E-state index in [1.165, 1.54) is 0 Å². The van der Waals surface area contributed by atoms with Gasteiger partial charge in [0.25, 0.3) is 11.8 Å². The predicted octanol–water partition coefficient (Wildman–Crippen LogP) is 1.47. The maximum atomic E-state index is 13.4. The second-order valence-corrected chi connectivity index (χ2v) is 11.1. The molecule has 3 heterocycles. The zero-order chi connectivity index (χ0) is 29.6. The van der Waals surface area contributed by atoms with Gasteiger partial charge in [-0.05, 0) is 49.8 Å². The number of hydrogen-bond donors (Lipinski definition) is 2. The maximum absolute atomic E-state index is 13.4. The molecule has 0 saturated carbocycles. The minimum atomic E-state index is -0.295. The Balaban J connectivity index is 1.38. The Hall–Kier alpha value is -4.41. The number of carbonyl (C=O) groups excluding carboxylic acids is 4. The molecule has 3 aromatic rings. The molecule has 2 aliphatic rings. The molecule has 11 nitrogen and oxygen atoms in total. The first-order valence-corrected chi connectivity index (χ1v) is 14.6. The normalized spacial score (nSPS) is 18.8. The fourth-order valence-corrected chi connectivity index (χ4v) is 5.87. The lowest BCUT2D eigenvalue weighted by Gasteiger charge is -2.27. The van der Waals surface area contributed by atoms with E-state index in [0.717, 1.165) is 23.2 Å². The van der Waals surface area contributed by atoms with Crippen LogP contribution < -0.4 is 10.6 Å². The molecular weight excluding hydrogens is 534 g/mol. The van der Waals surface area contributed by atoms with Crippen LogP contribution in [0.5, 0.6) is 0 Å². The summed E-state index contributed by atoms with van der Waals surface area (Å²) in [6.45, 7) is 1.26. The van der Waals surface area contributed by atoms with Crippen molar-refractivity contribution in [2.24, 2.45) is 14.1 Å². The van der Waals surface area contributed by atoms with Crippen LogP contribution in [0.1, 0.15) is 57.1 Å². The minimum Gasteiger partial charge on any atom is -0.351 e. The van der Waals surface area contributed by atoms with E-state index < -0.39 is 0 Å². The molecule has 0 radical (unpaired) electrons. The first kappa shape index (κ1) is 29.1. The molecule has 11 heteroatoms. The Morgan fingerprint density at radius 2 is 1.83 bits per heavy atom.